The van der Waals surface area contributed by atoms with Crippen LogP contribution in [0, 0.1) is 5.82 Å². The van der Waals surface area contributed by atoms with E-state index in [9.17, 15) is 9.18 Å². The van der Waals surface area contributed by atoms with Crippen molar-refractivity contribution < 1.29 is 18.7 Å². The van der Waals surface area contributed by atoms with Crippen LogP contribution in [0.25, 0.3) is 0 Å². The molecule has 6 nitrogen and oxygen atoms in total. The first-order valence-corrected chi connectivity index (χ1v) is 7.55. The number of ether oxygens (including phenoxy) is 2. The Hall–Kier alpha value is -2.67. The van der Waals surface area contributed by atoms with Crippen molar-refractivity contribution >= 4 is 11.7 Å². The van der Waals surface area contributed by atoms with Crippen molar-refractivity contribution in [1.82, 2.24) is 9.88 Å². The van der Waals surface area contributed by atoms with Gasteiger partial charge in [0, 0.05) is 6.54 Å². The van der Waals surface area contributed by atoms with Crippen LogP contribution >= 0.6 is 0 Å². The number of hydrogen-bond acceptors (Lipinski definition) is 5. The van der Waals surface area contributed by atoms with E-state index in [4.69, 9.17) is 15.2 Å². The molecule has 0 unspecified atom stereocenters. The number of anilines is 1. The number of rotatable bonds is 3. The van der Waals surface area contributed by atoms with E-state index in [2.05, 4.69) is 4.98 Å². The second-order valence-corrected chi connectivity index (χ2v) is 5.44. The van der Waals surface area contributed by atoms with Crippen LogP contribution in [0.5, 0.6) is 5.75 Å². The summed E-state index contributed by atoms with van der Waals surface area (Å²) < 4.78 is 24.4. The molecule has 1 aromatic heterocycles. The summed E-state index contributed by atoms with van der Waals surface area (Å²) in [6.45, 7) is 1.09. The van der Waals surface area contributed by atoms with Crippen molar-refractivity contribution in [3.05, 3.63) is 53.5 Å². The number of nitrogens with two attached hydrogens (primary N) is 1. The third-order valence-corrected chi connectivity index (χ3v) is 3.87. The summed E-state index contributed by atoms with van der Waals surface area (Å²) >= 11 is 0. The summed E-state index contributed by atoms with van der Waals surface area (Å²) in [5.41, 5.74) is 6.56. The highest BCUT2D eigenvalue weighted by atomic mass is 19.1. The van der Waals surface area contributed by atoms with Gasteiger partial charge in [-0.15, -0.1) is 0 Å². The molecule has 0 saturated carbocycles. The van der Waals surface area contributed by atoms with E-state index in [0.717, 1.165) is 0 Å². The number of morpholine rings is 1. The monoisotopic (exact) mass is 331 g/mol. The van der Waals surface area contributed by atoms with Gasteiger partial charge in [0.05, 0.1) is 31.5 Å². The minimum Gasteiger partial charge on any atom is -0.496 e. The Kier molecular flexibility index (Phi) is 4.61. The molecule has 1 aliphatic rings. The fourth-order valence-electron chi connectivity index (χ4n) is 2.68. The maximum absolute atomic E-state index is 13.5. The van der Waals surface area contributed by atoms with Crippen molar-refractivity contribution in [2.45, 2.75) is 6.10 Å². The van der Waals surface area contributed by atoms with Gasteiger partial charge in [0.2, 0.25) is 0 Å². The van der Waals surface area contributed by atoms with Crippen LogP contribution in [0.2, 0.25) is 0 Å². The zero-order chi connectivity index (χ0) is 17.1. The predicted molar refractivity (Wildman–Crippen MR) is 86.2 cm³/mol. The summed E-state index contributed by atoms with van der Waals surface area (Å²) in [5, 5.41) is 0. The number of nitrogen functional groups attached to an aromatic ring is 1. The zero-order valence-corrected chi connectivity index (χ0v) is 13.2. The highest BCUT2D eigenvalue weighted by Crippen LogP contribution is 2.26. The number of methoxy groups -OCH3 is 1. The highest BCUT2D eigenvalue weighted by Gasteiger charge is 2.28. The van der Waals surface area contributed by atoms with E-state index in [0.29, 0.717) is 37.0 Å². The van der Waals surface area contributed by atoms with Gasteiger partial charge in [0.25, 0.3) is 5.91 Å². The summed E-state index contributed by atoms with van der Waals surface area (Å²) in [6, 6.07) is 9.17. The molecule has 2 N–H and O–H groups in total. The van der Waals surface area contributed by atoms with E-state index >= 15 is 0 Å². The van der Waals surface area contributed by atoms with Gasteiger partial charge in [0.1, 0.15) is 23.5 Å². The number of hydrogen-bond donors (Lipinski definition) is 1. The van der Waals surface area contributed by atoms with Crippen LogP contribution in [0.15, 0.2) is 36.4 Å². The zero-order valence-electron chi connectivity index (χ0n) is 13.2. The molecule has 1 fully saturated rings. The molecule has 0 radical (unpaired) electrons. The first-order valence-electron chi connectivity index (χ1n) is 7.55. The number of pyridine rings is 1. The van der Waals surface area contributed by atoms with Crippen LogP contribution in [0.1, 0.15) is 22.2 Å². The number of halogens is 1. The molecule has 2 heterocycles. The third-order valence-electron chi connectivity index (χ3n) is 3.87. The quantitative estimate of drug-likeness (QED) is 0.931. The van der Waals surface area contributed by atoms with Crippen LogP contribution in [-0.4, -0.2) is 42.6 Å². The number of aromatic nitrogens is 1. The average molecular weight is 331 g/mol. The molecule has 1 aliphatic heterocycles. The molecule has 1 aromatic carbocycles. The molecule has 2 aromatic rings. The standard InChI is InChI=1S/C17H18FN3O3/c1-23-14-6-5-11(18)9-12(14)17(22)21-7-8-24-15(10-21)13-3-2-4-16(19)20-13/h2-6,9,15H,7-8,10H2,1H3,(H2,19,20)/t15-/m0/s1. The maximum Gasteiger partial charge on any atom is 0.257 e. The average Bonchev–Trinajstić information content (AvgIpc) is 2.61. The van der Waals surface area contributed by atoms with Crippen molar-refractivity contribution in [2.24, 2.45) is 0 Å². The fourth-order valence-corrected chi connectivity index (χ4v) is 2.68. The Balaban J connectivity index is 1.82. The minimum atomic E-state index is -0.485. The smallest absolute Gasteiger partial charge is 0.257 e. The summed E-state index contributed by atoms with van der Waals surface area (Å²) in [7, 11) is 1.45. The Morgan fingerprint density at radius 3 is 3.00 bits per heavy atom. The third kappa shape index (κ3) is 3.30. The van der Waals surface area contributed by atoms with Gasteiger partial charge in [0.15, 0.2) is 0 Å². The molecule has 1 saturated heterocycles. The van der Waals surface area contributed by atoms with Crippen LogP contribution in [0.3, 0.4) is 0 Å². The van der Waals surface area contributed by atoms with Crippen LogP contribution < -0.4 is 10.5 Å². The van der Waals surface area contributed by atoms with Gasteiger partial charge in [-0.05, 0) is 30.3 Å². The second-order valence-electron chi connectivity index (χ2n) is 5.44. The van der Waals surface area contributed by atoms with E-state index < -0.39 is 5.82 Å². The second kappa shape index (κ2) is 6.84. The van der Waals surface area contributed by atoms with Crippen LogP contribution in [0.4, 0.5) is 10.2 Å². The van der Waals surface area contributed by atoms with Crippen molar-refractivity contribution in [1.29, 1.82) is 0 Å². The van der Waals surface area contributed by atoms with E-state index in [1.807, 2.05) is 0 Å². The Morgan fingerprint density at radius 1 is 1.42 bits per heavy atom. The number of nitrogens with zero attached hydrogens (tertiary/aromatic N) is 2. The van der Waals surface area contributed by atoms with Crippen molar-refractivity contribution in [2.75, 3.05) is 32.5 Å². The lowest BCUT2D eigenvalue weighted by atomic mass is 10.1. The molecule has 7 heteroatoms. The first kappa shape index (κ1) is 16.2. The summed E-state index contributed by atoms with van der Waals surface area (Å²) in [5.74, 6) is -0.0529. The highest BCUT2D eigenvalue weighted by molar-refractivity contribution is 5.97. The summed E-state index contributed by atoms with van der Waals surface area (Å²) in [4.78, 5) is 18.6. The lowest BCUT2D eigenvalue weighted by Gasteiger charge is -2.33. The number of carbonyl (C=O) groups excluding carboxylic acids is 1. The molecule has 0 aliphatic carbocycles. The topological polar surface area (TPSA) is 77.7 Å². The van der Waals surface area contributed by atoms with Crippen molar-refractivity contribution in [3.63, 3.8) is 0 Å². The molecule has 24 heavy (non-hydrogen) atoms. The lowest BCUT2D eigenvalue weighted by Crippen LogP contribution is -2.42. The molecule has 3 rings (SSSR count). The molecule has 0 spiro atoms. The Morgan fingerprint density at radius 2 is 2.25 bits per heavy atom. The van der Waals surface area contributed by atoms with E-state index in [1.165, 1.54) is 25.3 Å². The molecular weight excluding hydrogens is 313 g/mol. The minimum absolute atomic E-state index is 0.193. The Bertz CT molecular complexity index is 754. The lowest BCUT2D eigenvalue weighted by molar-refractivity contribution is -0.0247. The molecule has 1 atom stereocenters. The van der Waals surface area contributed by atoms with Gasteiger partial charge in [-0.2, -0.15) is 0 Å². The van der Waals surface area contributed by atoms with Gasteiger partial charge < -0.3 is 20.1 Å². The normalized spacial score (nSPS) is 17.6. The number of amides is 1. The SMILES string of the molecule is COc1ccc(F)cc1C(=O)N1CCO[C@H](c2cccc(N)n2)C1. The maximum atomic E-state index is 13.5. The number of carbonyl (C=O) groups is 1. The summed E-state index contributed by atoms with van der Waals surface area (Å²) in [6.07, 6.45) is -0.370. The van der Waals surface area contributed by atoms with Gasteiger partial charge in [-0.1, -0.05) is 6.07 Å². The van der Waals surface area contributed by atoms with Crippen molar-refractivity contribution in [3.8, 4) is 5.75 Å². The van der Waals surface area contributed by atoms with Crippen LogP contribution in [-0.2, 0) is 4.74 Å². The number of benzene rings is 1. The molecule has 126 valence electrons. The first-order chi connectivity index (χ1) is 11.6. The molecule has 1 amide bonds. The fraction of sp³-hybridized carbons (Fsp3) is 0.294. The largest absolute Gasteiger partial charge is 0.496 e. The Labute approximate surface area is 139 Å². The van der Waals surface area contributed by atoms with E-state index in [1.54, 1.807) is 23.1 Å². The van der Waals surface area contributed by atoms with Gasteiger partial charge in [-0.3, -0.25) is 4.79 Å². The van der Waals surface area contributed by atoms with Gasteiger partial charge in [-0.25, -0.2) is 9.37 Å². The van der Waals surface area contributed by atoms with E-state index in [-0.39, 0.29) is 17.6 Å². The molecular formula is C17H18FN3O3. The molecule has 0 bridgehead atoms. The predicted octanol–water partition coefficient (Wildman–Crippen LogP) is 2.03. The van der Waals surface area contributed by atoms with Gasteiger partial charge >= 0.3 is 0 Å².